The molecule has 0 heterocycles. The number of rotatable bonds is 5. The smallest absolute Gasteiger partial charge is 0.331 e. The minimum Gasteiger partial charge on any atom is -0.478 e. The number of ketones is 2. The van der Waals surface area contributed by atoms with Crippen molar-refractivity contribution < 1.29 is 19.5 Å². The molecule has 0 unspecified atom stereocenters. The largest absolute Gasteiger partial charge is 0.478 e. The third-order valence-electron chi connectivity index (χ3n) is 11.2. The first-order valence-electron chi connectivity index (χ1n) is 13.1. The van der Waals surface area contributed by atoms with Crippen molar-refractivity contribution in [2.45, 2.75) is 92.9 Å². The lowest BCUT2D eigenvalue weighted by Gasteiger charge is -2.57. The molecule has 0 aliphatic heterocycles. The molecular formula is C30H42O4. The van der Waals surface area contributed by atoms with Crippen LogP contribution in [-0.4, -0.2) is 22.6 Å². The topological polar surface area (TPSA) is 71.4 Å². The fourth-order valence-corrected chi connectivity index (χ4v) is 8.88. The molecule has 186 valence electrons. The van der Waals surface area contributed by atoms with E-state index in [9.17, 15) is 19.5 Å². The lowest BCUT2D eigenvalue weighted by atomic mass is 9.46. The van der Waals surface area contributed by atoms with E-state index < -0.39 is 5.97 Å². The third-order valence-corrected chi connectivity index (χ3v) is 11.2. The molecule has 4 heteroatoms. The van der Waals surface area contributed by atoms with E-state index in [-0.39, 0.29) is 38.9 Å². The summed E-state index contributed by atoms with van der Waals surface area (Å²) in [5, 5.41) is 9.17. The predicted molar refractivity (Wildman–Crippen MR) is 134 cm³/mol. The Labute approximate surface area is 205 Å². The fourth-order valence-electron chi connectivity index (χ4n) is 8.88. The van der Waals surface area contributed by atoms with Crippen LogP contribution in [0.25, 0.3) is 0 Å². The van der Waals surface area contributed by atoms with Crippen molar-refractivity contribution in [1.82, 2.24) is 0 Å². The highest BCUT2D eigenvalue weighted by Crippen LogP contribution is 2.74. The van der Waals surface area contributed by atoms with Crippen molar-refractivity contribution in [3.05, 3.63) is 35.5 Å². The molecule has 0 amide bonds. The van der Waals surface area contributed by atoms with Crippen molar-refractivity contribution in [3.8, 4) is 0 Å². The second-order valence-corrected chi connectivity index (χ2v) is 12.8. The SMILES string of the molecule is C=C1CC[C@@](C)([C@H](C)CC(=O)/C=C(\C)C(=O)O)[C@@]12CC[C@@H]1C2=CC[C@H]2C(C)(C)C(=O)CC[C@]12C. The Morgan fingerprint density at radius 2 is 1.85 bits per heavy atom. The summed E-state index contributed by atoms with van der Waals surface area (Å²) in [4.78, 5) is 36.8. The number of carbonyl (C=O) groups is 3. The summed E-state index contributed by atoms with van der Waals surface area (Å²) >= 11 is 0. The van der Waals surface area contributed by atoms with Gasteiger partial charge in [-0.25, -0.2) is 4.79 Å². The number of aliphatic carboxylic acids is 1. The van der Waals surface area contributed by atoms with Crippen LogP contribution in [0.5, 0.6) is 0 Å². The van der Waals surface area contributed by atoms with Crippen LogP contribution in [-0.2, 0) is 14.4 Å². The molecule has 0 radical (unpaired) electrons. The van der Waals surface area contributed by atoms with Crippen LogP contribution in [0.4, 0.5) is 0 Å². The first kappa shape index (κ1) is 25.1. The molecule has 3 fully saturated rings. The zero-order valence-electron chi connectivity index (χ0n) is 21.9. The summed E-state index contributed by atoms with van der Waals surface area (Å²) < 4.78 is 0. The molecular weight excluding hydrogens is 424 g/mol. The Morgan fingerprint density at radius 1 is 1.18 bits per heavy atom. The molecule has 0 aromatic carbocycles. The summed E-state index contributed by atoms with van der Waals surface area (Å²) in [6.07, 6.45) is 10.9. The highest BCUT2D eigenvalue weighted by atomic mass is 16.4. The lowest BCUT2D eigenvalue weighted by Crippen LogP contribution is -2.53. The minimum absolute atomic E-state index is 0.0888. The number of carbonyl (C=O) groups excluding carboxylic acids is 2. The number of allylic oxidation sites excluding steroid dienone is 4. The Kier molecular flexibility index (Phi) is 5.94. The van der Waals surface area contributed by atoms with E-state index in [0.29, 0.717) is 30.5 Å². The van der Waals surface area contributed by atoms with Crippen molar-refractivity contribution >= 4 is 17.5 Å². The molecule has 0 saturated heterocycles. The standard InChI is InChI=1S/C30H42O4/c1-18(26(33)34)16-21(31)17-20(3)29(7)14-10-19(2)30(29)15-11-22-23(30)8-9-24-27(4,5)25(32)12-13-28(22,24)6/h8,16,20,22,24H,2,9-15,17H2,1,3-7H3,(H,33,34)/b18-16+/t20-,22-,24+,28-,29+,30+/m1/s1. The molecule has 1 spiro atoms. The Balaban J connectivity index is 1.70. The van der Waals surface area contributed by atoms with Gasteiger partial charge in [-0.2, -0.15) is 0 Å². The quantitative estimate of drug-likeness (QED) is 0.361. The lowest BCUT2D eigenvalue weighted by molar-refractivity contribution is -0.142. The van der Waals surface area contributed by atoms with Gasteiger partial charge in [-0.1, -0.05) is 58.4 Å². The van der Waals surface area contributed by atoms with Crippen LogP contribution in [0.15, 0.2) is 35.5 Å². The van der Waals surface area contributed by atoms with Crippen LogP contribution in [0.3, 0.4) is 0 Å². The number of carboxylic acids is 1. The molecule has 6 atom stereocenters. The number of Topliss-reactive ketones (excluding diaryl/α,β-unsaturated/α-hetero) is 1. The van der Waals surface area contributed by atoms with E-state index in [2.05, 4.69) is 47.3 Å². The molecule has 4 rings (SSSR count). The molecule has 0 aromatic rings. The second kappa shape index (κ2) is 8.03. The van der Waals surface area contributed by atoms with Crippen LogP contribution in [0.1, 0.15) is 92.9 Å². The average molecular weight is 467 g/mol. The fraction of sp³-hybridized carbons (Fsp3) is 0.700. The summed E-state index contributed by atoms with van der Waals surface area (Å²) in [6.45, 7) is 17.3. The van der Waals surface area contributed by atoms with E-state index >= 15 is 0 Å². The van der Waals surface area contributed by atoms with Gasteiger partial charge in [0.1, 0.15) is 5.78 Å². The summed E-state index contributed by atoms with van der Waals surface area (Å²) in [7, 11) is 0. The predicted octanol–water partition coefficient (Wildman–Crippen LogP) is 6.71. The van der Waals surface area contributed by atoms with Crippen molar-refractivity contribution in [2.24, 2.45) is 39.4 Å². The highest BCUT2D eigenvalue weighted by Gasteiger charge is 2.66. The molecule has 0 aromatic heterocycles. The maximum atomic E-state index is 12.8. The van der Waals surface area contributed by atoms with E-state index in [1.807, 2.05) is 0 Å². The van der Waals surface area contributed by atoms with Gasteiger partial charge in [-0.3, -0.25) is 9.59 Å². The van der Waals surface area contributed by atoms with Gasteiger partial charge >= 0.3 is 5.97 Å². The van der Waals surface area contributed by atoms with Crippen molar-refractivity contribution in [2.75, 3.05) is 0 Å². The van der Waals surface area contributed by atoms with Gasteiger partial charge in [0.15, 0.2) is 5.78 Å². The first-order valence-corrected chi connectivity index (χ1v) is 13.1. The maximum absolute atomic E-state index is 12.8. The normalized spacial score (nSPS) is 40.1. The number of hydrogen-bond donors (Lipinski definition) is 1. The Hall–Kier alpha value is -1.97. The van der Waals surface area contributed by atoms with E-state index in [1.54, 1.807) is 0 Å². The van der Waals surface area contributed by atoms with E-state index in [4.69, 9.17) is 0 Å². The molecule has 3 saturated carbocycles. The van der Waals surface area contributed by atoms with E-state index in [0.717, 1.165) is 38.5 Å². The summed E-state index contributed by atoms with van der Waals surface area (Å²) in [6, 6.07) is 0. The number of fused-ring (bicyclic) bond motifs is 4. The zero-order chi connectivity index (χ0) is 25.3. The second-order valence-electron chi connectivity index (χ2n) is 12.8. The molecule has 4 aliphatic carbocycles. The number of carboxylic acid groups (broad SMARTS) is 1. The van der Waals surface area contributed by atoms with Gasteiger partial charge in [0.25, 0.3) is 0 Å². The van der Waals surface area contributed by atoms with E-state index in [1.165, 1.54) is 24.1 Å². The Morgan fingerprint density at radius 3 is 2.50 bits per heavy atom. The molecule has 4 nitrogen and oxygen atoms in total. The van der Waals surface area contributed by atoms with Crippen LogP contribution in [0.2, 0.25) is 0 Å². The van der Waals surface area contributed by atoms with Crippen LogP contribution in [0, 0.1) is 39.4 Å². The maximum Gasteiger partial charge on any atom is 0.331 e. The van der Waals surface area contributed by atoms with Crippen LogP contribution >= 0.6 is 0 Å². The molecule has 1 N–H and O–H groups in total. The van der Waals surface area contributed by atoms with Gasteiger partial charge in [0.05, 0.1) is 0 Å². The number of hydrogen-bond acceptors (Lipinski definition) is 3. The third kappa shape index (κ3) is 3.27. The van der Waals surface area contributed by atoms with Gasteiger partial charge in [-0.15, -0.1) is 0 Å². The minimum atomic E-state index is -1.04. The van der Waals surface area contributed by atoms with Gasteiger partial charge in [-0.05, 0) is 80.1 Å². The Bertz CT molecular complexity index is 1010. The first-order chi connectivity index (χ1) is 15.7. The monoisotopic (exact) mass is 466 g/mol. The average Bonchev–Trinajstić information content (AvgIpc) is 3.27. The summed E-state index contributed by atoms with van der Waals surface area (Å²) in [5.74, 6) is 0.214. The molecule has 34 heavy (non-hydrogen) atoms. The van der Waals surface area contributed by atoms with Gasteiger partial charge in [0, 0.05) is 29.2 Å². The van der Waals surface area contributed by atoms with Crippen LogP contribution < -0.4 is 0 Å². The summed E-state index contributed by atoms with van der Waals surface area (Å²) in [5.41, 5.74) is 2.60. The zero-order valence-corrected chi connectivity index (χ0v) is 21.9. The molecule has 0 bridgehead atoms. The van der Waals surface area contributed by atoms with Gasteiger partial charge in [0.2, 0.25) is 0 Å². The highest BCUT2D eigenvalue weighted by molar-refractivity contribution is 5.98. The van der Waals surface area contributed by atoms with Crippen molar-refractivity contribution in [3.63, 3.8) is 0 Å². The molecule has 4 aliphatic rings. The van der Waals surface area contributed by atoms with Gasteiger partial charge < -0.3 is 5.11 Å². The van der Waals surface area contributed by atoms with Crippen molar-refractivity contribution in [1.29, 1.82) is 0 Å².